The van der Waals surface area contributed by atoms with Crippen LogP contribution in [0.1, 0.15) is 18.6 Å². The van der Waals surface area contributed by atoms with Gasteiger partial charge < -0.3 is 24.1 Å². The fourth-order valence-electron chi connectivity index (χ4n) is 3.75. The van der Waals surface area contributed by atoms with Gasteiger partial charge in [-0.2, -0.15) is 0 Å². The monoisotopic (exact) mass is 480 g/mol. The molecule has 2 amide bonds. The van der Waals surface area contributed by atoms with Crippen LogP contribution in [0.3, 0.4) is 0 Å². The van der Waals surface area contributed by atoms with Crippen molar-refractivity contribution in [1.29, 1.82) is 0 Å². The van der Waals surface area contributed by atoms with E-state index in [0.717, 1.165) is 6.08 Å². The fourth-order valence-corrected chi connectivity index (χ4v) is 3.75. The highest BCUT2D eigenvalue weighted by Crippen LogP contribution is 2.36. The van der Waals surface area contributed by atoms with Crippen molar-refractivity contribution < 1.29 is 38.9 Å². The highest BCUT2D eigenvalue weighted by atomic mass is 16.7. The van der Waals surface area contributed by atoms with Gasteiger partial charge in [-0.15, -0.1) is 0 Å². The molecule has 0 aromatic heterocycles. The van der Waals surface area contributed by atoms with E-state index in [4.69, 9.17) is 24.2 Å². The van der Waals surface area contributed by atoms with Gasteiger partial charge in [0.15, 0.2) is 17.6 Å². The Balaban J connectivity index is 1.68. The number of aromatic hydroxyl groups is 1. The highest BCUT2D eigenvalue weighted by molar-refractivity contribution is 5.92. The summed E-state index contributed by atoms with van der Waals surface area (Å²) < 4.78 is 22.2. The Kier molecular flexibility index (Phi) is 7.34. The minimum atomic E-state index is -1.02. The molecule has 10 nitrogen and oxygen atoms in total. The van der Waals surface area contributed by atoms with Gasteiger partial charge in [0.05, 0.1) is 0 Å². The Labute approximate surface area is 200 Å². The average molecular weight is 480 g/mol. The molecule has 10 heteroatoms. The number of fused-ring (bicyclic) bond motifs is 2. The first-order chi connectivity index (χ1) is 17.0. The summed E-state index contributed by atoms with van der Waals surface area (Å²) in [5, 5.41) is 23.0. The Bertz CT molecular complexity index is 1260. The maximum absolute atomic E-state index is 12.9. The minimum absolute atomic E-state index is 0.0658. The number of carbonyl (C=O) groups excluding carboxylic acids is 2. The lowest BCUT2D eigenvalue weighted by Crippen LogP contribution is -2.28. The van der Waals surface area contributed by atoms with Crippen LogP contribution in [0.4, 0.5) is 10.5 Å². The molecule has 0 unspecified atom stereocenters. The van der Waals surface area contributed by atoms with Crippen molar-refractivity contribution in [1.82, 2.24) is 5.48 Å². The third-order valence-corrected chi connectivity index (χ3v) is 5.30. The second-order valence-corrected chi connectivity index (χ2v) is 7.49. The molecule has 3 aromatic rings. The molecular weight excluding hydrogens is 456 g/mol. The van der Waals surface area contributed by atoms with Crippen LogP contribution in [0.15, 0.2) is 66.7 Å². The van der Waals surface area contributed by atoms with Gasteiger partial charge in [0.1, 0.15) is 11.9 Å². The second kappa shape index (κ2) is 10.8. The van der Waals surface area contributed by atoms with E-state index in [9.17, 15) is 14.7 Å². The Hall–Kier alpha value is -4.28. The summed E-state index contributed by atoms with van der Waals surface area (Å²) in [6.45, 7) is 2.10. The van der Waals surface area contributed by atoms with Crippen LogP contribution in [-0.4, -0.2) is 41.8 Å². The van der Waals surface area contributed by atoms with E-state index in [2.05, 4.69) is 5.32 Å². The molecule has 182 valence electrons. The molecule has 0 fully saturated rings. The van der Waals surface area contributed by atoms with Crippen LogP contribution in [0.2, 0.25) is 0 Å². The molecule has 1 heterocycles. The zero-order valence-corrected chi connectivity index (χ0v) is 18.8. The van der Waals surface area contributed by atoms with Crippen LogP contribution in [0, 0.1) is 0 Å². The topological polar surface area (TPSA) is 136 Å². The SMILES string of the molecule is CCO[C@H](/C=C/C(=O)NO)[C@H](OC(=O)Nc1ccc2c(c1)OCO2)c1ccc(O)c2ccccc12. The molecular formula is C25H24N2O8. The molecule has 0 radical (unpaired) electrons. The molecule has 0 spiro atoms. The third-order valence-electron chi connectivity index (χ3n) is 5.30. The van der Waals surface area contributed by atoms with Crippen molar-refractivity contribution >= 4 is 28.5 Å². The predicted octanol–water partition coefficient (Wildman–Crippen LogP) is 4.03. The summed E-state index contributed by atoms with van der Waals surface area (Å²) in [6.07, 6.45) is -0.231. The quantitative estimate of drug-likeness (QED) is 0.216. The Morgan fingerprint density at radius 1 is 1.09 bits per heavy atom. The van der Waals surface area contributed by atoms with Gasteiger partial charge in [-0.05, 0) is 36.6 Å². The van der Waals surface area contributed by atoms with E-state index in [-0.39, 0.29) is 19.1 Å². The summed E-state index contributed by atoms with van der Waals surface area (Å²) in [5.74, 6) is 0.361. The molecule has 4 rings (SSSR count). The first-order valence-corrected chi connectivity index (χ1v) is 10.8. The molecule has 0 aliphatic carbocycles. The largest absolute Gasteiger partial charge is 0.507 e. The zero-order valence-electron chi connectivity index (χ0n) is 18.8. The van der Waals surface area contributed by atoms with Crippen molar-refractivity contribution in [2.24, 2.45) is 0 Å². The number of phenolic OH excluding ortho intramolecular Hbond substituents is 1. The molecule has 1 aliphatic rings. The van der Waals surface area contributed by atoms with Crippen LogP contribution in [-0.2, 0) is 14.3 Å². The smallest absolute Gasteiger partial charge is 0.412 e. The number of hydrogen-bond acceptors (Lipinski definition) is 8. The maximum Gasteiger partial charge on any atom is 0.412 e. The minimum Gasteiger partial charge on any atom is -0.507 e. The van der Waals surface area contributed by atoms with Gasteiger partial charge in [0, 0.05) is 35.4 Å². The van der Waals surface area contributed by atoms with E-state index in [1.807, 2.05) is 0 Å². The molecule has 2 atom stereocenters. The van der Waals surface area contributed by atoms with E-state index >= 15 is 0 Å². The van der Waals surface area contributed by atoms with Gasteiger partial charge in [-0.1, -0.05) is 30.3 Å². The number of ether oxygens (including phenoxy) is 4. The second-order valence-electron chi connectivity index (χ2n) is 7.49. The lowest BCUT2D eigenvalue weighted by molar-refractivity contribution is -0.124. The lowest BCUT2D eigenvalue weighted by atomic mass is 9.96. The number of rotatable bonds is 8. The number of anilines is 1. The molecule has 0 saturated heterocycles. The van der Waals surface area contributed by atoms with Crippen molar-refractivity contribution in [3.05, 3.63) is 72.3 Å². The molecule has 3 aromatic carbocycles. The average Bonchev–Trinajstić information content (AvgIpc) is 3.34. The number of phenols is 1. The molecule has 4 N–H and O–H groups in total. The summed E-state index contributed by atoms with van der Waals surface area (Å²) in [5.41, 5.74) is 2.49. The lowest BCUT2D eigenvalue weighted by Gasteiger charge is -2.26. The van der Waals surface area contributed by atoms with E-state index in [0.29, 0.717) is 33.5 Å². The van der Waals surface area contributed by atoms with Crippen LogP contribution >= 0.6 is 0 Å². The zero-order chi connectivity index (χ0) is 24.8. The summed E-state index contributed by atoms with van der Waals surface area (Å²) in [4.78, 5) is 24.6. The van der Waals surface area contributed by atoms with Crippen LogP contribution in [0.5, 0.6) is 17.2 Å². The first-order valence-electron chi connectivity index (χ1n) is 10.8. The molecule has 0 bridgehead atoms. The number of hydroxylamine groups is 1. The van der Waals surface area contributed by atoms with Gasteiger partial charge in [-0.25, -0.2) is 10.3 Å². The standard InChI is InChI=1S/C25H24N2O8/c1-2-32-21(11-12-23(29)27-31)24(18-8-9-19(28)17-6-4-3-5-16(17)18)35-25(30)26-15-7-10-20-22(13-15)34-14-33-20/h3-13,21,24,28,31H,2,14H2,1H3,(H,26,30)(H,27,29)/b12-11+/t21-,24-/m1/s1. The van der Waals surface area contributed by atoms with Crippen molar-refractivity contribution in [2.45, 2.75) is 19.1 Å². The molecule has 1 aliphatic heterocycles. The summed E-state index contributed by atoms with van der Waals surface area (Å²) in [7, 11) is 0. The number of hydrogen-bond donors (Lipinski definition) is 4. The number of carbonyl (C=O) groups is 2. The van der Waals surface area contributed by atoms with E-state index in [1.54, 1.807) is 55.5 Å². The van der Waals surface area contributed by atoms with Crippen LogP contribution in [0.25, 0.3) is 10.8 Å². The highest BCUT2D eigenvalue weighted by Gasteiger charge is 2.29. The molecule has 35 heavy (non-hydrogen) atoms. The van der Waals surface area contributed by atoms with Gasteiger partial charge >= 0.3 is 6.09 Å². The van der Waals surface area contributed by atoms with E-state index in [1.165, 1.54) is 17.6 Å². The van der Waals surface area contributed by atoms with Gasteiger partial charge in [-0.3, -0.25) is 15.3 Å². The summed E-state index contributed by atoms with van der Waals surface area (Å²) in [6, 6.07) is 15.1. The number of benzene rings is 3. The predicted molar refractivity (Wildman–Crippen MR) is 126 cm³/mol. The van der Waals surface area contributed by atoms with Crippen molar-refractivity contribution in [3.8, 4) is 17.2 Å². The molecule has 0 saturated carbocycles. The Morgan fingerprint density at radius 3 is 2.63 bits per heavy atom. The normalized spacial score (nSPS) is 14.0. The van der Waals surface area contributed by atoms with Crippen LogP contribution < -0.4 is 20.3 Å². The van der Waals surface area contributed by atoms with Gasteiger partial charge in [0.25, 0.3) is 5.91 Å². The van der Waals surface area contributed by atoms with Crippen molar-refractivity contribution in [2.75, 3.05) is 18.7 Å². The van der Waals surface area contributed by atoms with Crippen molar-refractivity contribution in [3.63, 3.8) is 0 Å². The number of amides is 2. The maximum atomic E-state index is 12.9. The van der Waals surface area contributed by atoms with Gasteiger partial charge in [0.2, 0.25) is 6.79 Å². The third kappa shape index (κ3) is 5.45. The fraction of sp³-hybridized carbons (Fsp3) is 0.200. The number of nitrogens with one attached hydrogen (secondary N) is 2. The Morgan fingerprint density at radius 2 is 1.86 bits per heavy atom. The van der Waals surface area contributed by atoms with E-state index < -0.39 is 24.2 Å². The summed E-state index contributed by atoms with van der Waals surface area (Å²) >= 11 is 0. The first kappa shape index (κ1) is 23.9.